The first kappa shape index (κ1) is 29.0. The lowest BCUT2D eigenvalue weighted by molar-refractivity contribution is -0.205. The zero-order valence-corrected chi connectivity index (χ0v) is 22.9. The SMILES string of the molecule is C[C@H](Cc1c[nH]c2c(C(=O)N3[C@H](C)CCC[C@@H]3C)cccc12)NC[C@H](OC(=O)C(F)(F)F)c1cccc(Cl)c1. The van der Waals surface area contributed by atoms with E-state index in [1.807, 2.05) is 36.2 Å². The smallest absolute Gasteiger partial charge is 0.449 e. The van der Waals surface area contributed by atoms with Crippen LogP contribution in [0.1, 0.15) is 67.6 Å². The van der Waals surface area contributed by atoms with Crippen LogP contribution in [0, 0.1) is 0 Å². The number of carbonyl (C=O) groups is 2. The number of aromatic amines is 1. The standard InChI is InChI=1S/C29H33ClF3N3O3/c1-17(34-16-25(39-28(38)29(31,32)33)20-9-5-10-22(30)14-20)13-21-15-35-26-23(21)11-6-12-24(26)27(37)36-18(2)7-4-8-19(36)3/h5-6,9-12,14-15,17-19,25,34-35H,4,7-8,13,16H2,1-3H3/t17-,18-,19+,25+/m1/s1. The molecule has 0 unspecified atom stereocenters. The molecule has 39 heavy (non-hydrogen) atoms. The van der Waals surface area contributed by atoms with Crippen LogP contribution in [-0.4, -0.2) is 52.6 Å². The monoisotopic (exact) mass is 563 g/mol. The van der Waals surface area contributed by atoms with Crippen molar-refractivity contribution in [2.75, 3.05) is 6.54 Å². The number of piperidine rings is 1. The lowest BCUT2D eigenvalue weighted by atomic mass is 9.95. The zero-order chi connectivity index (χ0) is 28.3. The first-order valence-corrected chi connectivity index (χ1v) is 13.5. The molecule has 210 valence electrons. The van der Waals surface area contributed by atoms with Gasteiger partial charge in [0.15, 0.2) is 0 Å². The van der Waals surface area contributed by atoms with E-state index in [4.69, 9.17) is 16.3 Å². The molecule has 1 aliphatic rings. The quantitative estimate of drug-likeness (QED) is 0.303. The van der Waals surface area contributed by atoms with Gasteiger partial charge < -0.3 is 19.9 Å². The molecule has 1 fully saturated rings. The molecule has 0 spiro atoms. The zero-order valence-electron chi connectivity index (χ0n) is 22.1. The number of esters is 1. The molecule has 1 aromatic heterocycles. The molecular weight excluding hydrogens is 531 g/mol. The highest BCUT2D eigenvalue weighted by atomic mass is 35.5. The molecule has 3 aromatic rings. The van der Waals surface area contributed by atoms with Gasteiger partial charge in [0, 0.05) is 41.3 Å². The van der Waals surface area contributed by atoms with E-state index in [1.54, 1.807) is 18.2 Å². The minimum Gasteiger partial charge on any atom is -0.449 e. The Bertz CT molecular complexity index is 1320. The average molecular weight is 564 g/mol. The third kappa shape index (κ3) is 6.76. The second-order valence-electron chi connectivity index (χ2n) is 10.3. The maximum Gasteiger partial charge on any atom is 0.490 e. The van der Waals surface area contributed by atoms with Gasteiger partial charge in [0.1, 0.15) is 6.10 Å². The van der Waals surface area contributed by atoms with Crippen LogP contribution in [0.5, 0.6) is 0 Å². The number of H-pyrrole nitrogens is 1. The van der Waals surface area contributed by atoms with Crippen LogP contribution < -0.4 is 5.32 Å². The van der Waals surface area contributed by atoms with Crippen LogP contribution in [0.2, 0.25) is 5.02 Å². The number of nitrogens with one attached hydrogen (secondary N) is 2. The van der Waals surface area contributed by atoms with Gasteiger partial charge in [-0.1, -0.05) is 35.9 Å². The van der Waals surface area contributed by atoms with E-state index >= 15 is 0 Å². The third-order valence-corrected chi connectivity index (χ3v) is 7.57. The normalized spacial score (nSPS) is 19.6. The molecule has 0 aliphatic carbocycles. The summed E-state index contributed by atoms with van der Waals surface area (Å²) in [5.74, 6) is -2.25. The number of aromatic nitrogens is 1. The fourth-order valence-corrected chi connectivity index (χ4v) is 5.56. The molecule has 4 rings (SSSR count). The van der Waals surface area contributed by atoms with E-state index in [-0.39, 0.29) is 30.6 Å². The number of likely N-dealkylation sites (tertiary alicyclic amines) is 1. The van der Waals surface area contributed by atoms with Crippen molar-refractivity contribution in [3.8, 4) is 0 Å². The molecule has 6 nitrogen and oxygen atoms in total. The summed E-state index contributed by atoms with van der Waals surface area (Å²) in [5.41, 5.74) is 2.72. The maximum atomic E-state index is 13.5. The Morgan fingerprint density at radius 2 is 1.85 bits per heavy atom. The fraction of sp³-hybridized carbons (Fsp3) is 0.448. The summed E-state index contributed by atoms with van der Waals surface area (Å²) in [7, 11) is 0. The molecule has 1 amide bonds. The van der Waals surface area contributed by atoms with Gasteiger partial charge >= 0.3 is 12.1 Å². The summed E-state index contributed by atoms with van der Waals surface area (Å²) in [5, 5.41) is 4.43. The molecule has 4 atom stereocenters. The topological polar surface area (TPSA) is 74.4 Å². The van der Waals surface area contributed by atoms with E-state index in [0.717, 1.165) is 35.7 Å². The van der Waals surface area contributed by atoms with Crippen LogP contribution in [0.4, 0.5) is 13.2 Å². The van der Waals surface area contributed by atoms with E-state index < -0.39 is 18.2 Å². The van der Waals surface area contributed by atoms with Crippen LogP contribution >= 0.6 is 11.6 Å². The van der Waals surface area contributed by atoms with Crippen LogP contribution in [0.3, 0.4) is 0 Å². The number of fused-ring (bicyclic) bond motifs is 1. The molecule has 1 saturated heterocycles. The number of alkyl halides is 3. The van der Waals surface area contributed by atoms with Crippen molar-refractivity contribution in [2.45, 2.75) is 76.9 Å². The summed E-state index contributed by atoms with van der Waals surface area (Å²) in [4.78, 5) is 30.3. The number of carbonyl (C=O) groups excluding carboxylic acids is 2. The highest BCUT2D eigenvalue weighted by molar-refractivity contribution is 6.30. The molecule has 2 heterocycles. The number of hydrogen-bond acceptors (Lipinski definition) is 4. The summed E-state index contributed by atoms with van der Waals surface area (Å²) in [6.07, 6.45) is -0.808. The average Bonchev–Trinajstić information content (AvgIpc) is 3.28. The lowest BCUT2D eigenvalue weighted by Crippen LogP contribution is -2.47. The molecule has 0 radical (unpaired) electrons. The Balaban J connectivity index is 1.48. The summed E-state index contributed by atoms with van der Waals surface area (Å²) in [6, 6.07) is 12.0. The Hall–Kier alpha value is -3.04. The highest BCUT2D eigenvalue weighted by Gasteiger charge is 2.42. The van der Waals surface area contributed by atoms with Gasteiger partial charge in [0.25, 0.3) is 5.91 Å². The largest absolute Gasteiger partial charge is 0.490 e. The van der Waals surface area contributed by atoms with Crippen molar-refractivity contribution in [3.05, 3.63) is 70.4 Å². The number of hydrogen-bond donors (Lipinski definition) is 2. The van der Waals surface area contributed by atoms with Crippen molar-refractivity contribution in [3.63, 3.8) is 0 Å². The van der Waals surface area contributed by atoms with Crippen molar-refractivity contribution in [2.24, 2.45) is 0 Å². The first-order chi connectivity index (χ1) is 18.5. The van der Waals surface area contributed by atoms with Crippen molar-refractivity contribution in [1.82, 2.24) is 15.2 Å². The van der Waals surface area contributed by atoms with Crippen molar-refractivity contribution in [1.29, 1.82) is 0 Å². The maximum absolute atomic E-state index is 13.5. The fourth-order valence-electron chi connectivity index (χ4n) is 5.36. The summed E-state index contributed by atoms with van der Waals surface area (Å²) in [6.45, 7) is 6.03. The number of rotatable bonds is 8. The third-order valence-electron chi connectivity index (χ3n) is 7.34. The lowest BCUT2D eigenvalue weighted by Gasteiger charge is -2.39. The van der Waals surface area contributed by atoms with Gasteiger partial charge in [-0.2, -0.15) is 13.2 Å². The molecular formula is C29H33ClF3N3O3. The minimum atomic E-state index is -5.11. The van der Waals surface area contributed by atoms with Gasteiger partial charge in [-0.05, 0) is 75.8 Å². The van der Waals surface area contributed by atoms with Crippen LogP contribution in [-0.2, 0) is 16.0 Å². The van der Waals surface area contributed by atoms with E-state index in [0.29, 0.717) is 22.6 Å². The number of halogens is 4. The highest BCUT2D eigenvalue weighted by Crippen LogP contribution is 2.29. The molecule has 0 saturated carbocycles. The predicted octanol–water partition coefficient (Wildman–Crippen LogP) is 6.59. The molecule has 0 bridgehead atoms. The molecule has 2 N–H and O–H groups in total. The Kier molecular flexibility index (Phi) is 8.91. The number of para-hydroxylation sites is 1. The number of nitrogens with zero attached hydrogens (tertiary/aromatic N) is 1. The van der Waals surface area contributed by atoms with E-state index in [1.165, 1.54) is 6.07 Å². The number of ether oxygens (including phenoxy) is 1. The number of amides is 1. The second kappa shape index (κ2) is 12.0. The van der Waals surface area contributed by atoms with Crippen LogP contribution in [0.25, 0.3) is 10.9 Å². The van der Waals surface area contributed by atoms with E-state index in [2.05, 4.69) is 24.1 Å². The number of benzene rings is 2. The van der Waals surface area contributed by atoms with Gasteiger partial charge in [-0.3, -0.25) is 4.79 Å². The Morgan fingerprint density at radius 1 is 1.15 bits per heavy atom. The summed E-state index contributed by atoms with van der Waals surface area (Å²) >= 11 is 6.02. The Labute approximate surface area is 230 Å². The van der Waals surface area contributed by atoms with Gasteiger partial charge in [-0.25, -0.2) is 4.79 Å². The predicted molar refractivity (Wildman–Crippen MR) is 145 cm³/mol. The van der Waals surface area contributed by atoms with Crippen LogP contribution in [0.15, 0.2) is 48.7 Å². The molecule has 10 heteroatoms. The molecule has 2 aromatic carbocycles. The van der Waals surface area contributed by atoms with Crippen molar-refractivity contribution < 1.29 is 27.5 Å². The minimum absolute atomic E-state index is 0.00992. The Morgan fingerprint density at radius 3 is 2.51 bits per heavy atom. The van der Waals surface area contributed by atoms with Gasteiger partial charge in [-0.15, -0.1) is 0 Å². The molecule has 1 aliphatic heterocycles. The van der Waals surface area contributed by atoms with Gasteiger partial charge in [0.2, 0.25) is 0 Å². The summed E-state index contributed by atoms with van der Waals surface area (Å²) < 4.78 is 43.5. The van der Waals surface area contributed by atoms with Gasteiger partial charge in [0.05, 0.1) is 11.1 Å². The first-order valence-electron chi connectivity index (χ1n) is 13.1. The van der Waals surface area contributed by atoms with Crippen molar-refractivity contribution >= 4 is 34.4 Å². The second-order valence-corrected chi connectivity index (χ2v) is 10.8. The van der Waals surface area contributed by atoms with E-state index in [9.17, 15) is 22.8 Å².